The monoisotopic (exact) mass is 378 g/mol. The van der Waals surface area contributed by atoms with Gasteiger partial charge in [-0.2, -0.15) is 0 Å². The van der Waals surface area contributed by atoms with Crippen molar-refractivity contribution in [2.24, 2.45) is 0 Å². The number of carbonyl (C=O) groups is 1. The van der Waals surface area contributed by atoms with Crippen molar-refractivity contribution in [3.05, 3.63) is 24.3 Å². The van der Waals surface area contributed by atoms with Crippen LogP contribution in [0.5, 0.6) is 5.75 Å². The average molecular weight is 379 g/mol. The zero-order chi connectivity index (χ0) is 19.2. The van der Waals surface area contributed by atoms with Crippen LogP contribution < -0.4 is 15.4 Å². The van der Waals surface area contributed by atoms with Crippen LogP contribution in [0.4, 0.5) is 5.69 Å². The van der Waals surface area contributed by atoms with Gasteiger partial charge in [-0.3, -0.25) is 9.69 Å². The summed E-state index contributed by atoms with van der Waals surface area (Å²) in [5.41, 5.74) is 0.719. The van der Waals surface area contributed by atoms with Crippen LogP contribution in [-0.2, 0) is 4.79 Å². The highest BCUT2D eigenvalue weighted by atomic mass is 32.1. The van der Waals surface area contributed by atoms with E-state index < -0.39 is 0 Å². The molecule has 1 aromatic carbocycles. The SMILES string of the molecule is COc1cccc(NC(=S)N2CCCN(CC(=O)NC(C)(C)C)CC2)c1. The van der Waals surface area contributed by atoms with Gasteiger partial charge in [-0.25, -0.2) is 0 Å². The molecule has 0 radical (unpaired) electrons. The van der Waals surface area contributed by atoms with Gasteiger partial charge in [-0.15, -0.1) is 0 Å². The third kappa shape index (κ3) is 6.80. The van der Waals surface area contributed by atoms with Crippen LogP contribution in [0.3, 0.4) is 0 Å². The Labute approximate surface area is 161 Å². The van der Waals surface area contributed by atoms with E-state index in [1.165, 1.54) is 0 Å². The minimum atomic E-state index is -0.197. The summed E-state index contributed by atoms with van der Waals surface area (Å²) in [7, 11) is 1.65. The van der Waals surface area contributed by atoms with Gasteiger partial charge in [0.1, 0.15) is 5.75 Å². The van der Waals surface area contributed by atoms with Gasteiger partial charge in [0.25, 0.3) is 0 Å². The molecule has 1 aliphatic rings. The molecule has 1 heterocycles. The lowest BCUT2D eigenvalue weighted by molar-refractivity contribution is -0.123. The van der Waals surface area contributed by atoms with Crippen molar-refractivity contribution in [2.45, 2.75) is 32.7 Å². The van der Waals surface area contributed by atoms with Crippen molar-refractivity contribution in [2.75, 3.05) is 45.2 Å². The van der Waals surface area contributed by atoms with E-state index in [4.69, 9.17) is 17.0 Å². The number of nitrogens with zero attached hydrogens (tertiary/aromatic N) is 2. The number of hydrogen-bond acceptors (Lipinski definition) is 4. The molecule has 0 bridgehead atoms. The first-order chi connectivity index (χ1) is 12.3. The predicted molar refractivity (Wildman–Crippen MR) is 110 cm³/mol. The number of anilines is 1. The summed E-state index contributed by atoms with van der Waals surface area (Å²) in [5, 5.41) is 7.01. The van der Waals surface area contributed by atoms with Gasteiger partial charge in [0.05, 0.1) is 13.7 Å². The quantitative estimate of drug-likeness (QED) is 0.784. The number of amides is 1. The van der Waals surface area contributed by atoms with Crippen LogP contribution in [0, 0.1) is 0 Å². The van der Waals surface area contributed by atoms with Gasteiger partial charge in [0.2, 0.25) is 5.91 Å². The molecule has 6 nitrogen and oxygen atoms in total. The van der Waals surface area contributed by atoms with E-state index in [9.17, 15) is 4.79 Å². The summed E-state index contributed by atoms with van der Waals surface area (Å²) in [5.74, 6) is 0.868. The molecular formula is C19H30N4O2S. The maximum atomic E-state index is 12.1. The Morgan fingerprint density at radius 2 is 2.00 bits per heavy atom. The number of methoxy groups -OCH3 is 1. The minimum absolute atomic E-state index is 0.0723. The Hall–Kier alpha value is -1.86. The fourth-order valence-corrected chi connectivity index (χ4v) is 3.20. The van der Waals surface area contributed by atoms with Gasteiger partial charge < -0.3 is 20.3 Å². The first-order valence-corrected chi connectivity index (χ1v) is 9.41. The Balaban J connectivity index is 1.85. The zero-order valence-electron chi connectivity index (χ0n) is 16.2. The Kier molecular flexibility index (Phi) is 7.23. The van der Waals surface area contributed by atoms with Gasteiger partial charge >= 0.3 is 0 Å². The van der Waals surface area contributed by atoms with Crippen molar-refractivity contribution in [1.29, 1.82) is 0 Å². The largest absolute Gasteiger partial charge is 0.497 e. The minimum Gasteiger partial charge on any atom is -0.497 e. The molecule has 2 N–H and O–H groups in total. The summed E-state index contributed by atoms with van der Waals surface area (Å²) >= 11 is 5.57. The second kappa shape index (κ2) is 9.19. The van der Waals surface area contributed by atoms with E-state index in [2.05, 4.69) is 20.4 Å². The maximum absolute atomic E-state index is 12.1. The highest BCUT2D eigenvalue weighted by Gasteiger charge is 2.20. The summed E-state index contributed by atoms with van der Waals surface area (Å²) < 4.78 is 5.25. The van der Waals surface area contributed by atoms with Crippen molar-refractivity contribution >= 4 is 28.9 Å². The number of benzene rings is 1. The Bertz CT molecular complexity index is 630. The molecule has 0 spiro atoms. The fourth-order valence-electron chi connectivity index (χ4n) is 2.90. The second-order valence-corrected chi connectivity index (χ2v) is 7.96. The molecule has 7 heteroatoms. The van der Waals surface area contributed by atoms with Crippen LogP contribution in [0.2, 0.25) is 0 Å². The van der Waals surface area contributed by atoms with Crippen LogP contribution in [0.15, 0.2) is 24.3 Å². The Morgan fingerprint density at radius 1 is 1.23 bits per heavy atom. The molecule has 0 unspecified atom stereocenters. The highest BCUT2D eigenvalue weighted by molar-refractivity contribution is 7.80. The van der Waals surface area contributed by atoms with E-state index in [-0.39, 0.29) is 11.4 Å². The van der Waals surface area contributed by atoms with E-state index in [1.807, 2.05) is 45.0 Å². The summed E-state index contributed by atoms with van der Waals surface area (Å²) in [6.07, 6.45) is 0.975. The van der Waals surface area contributed by atoms with Gasteiger partial charge in [0.15, 0.2) is 5.11 Å². The lowest BCUT2D eigenvalue weighted by Crippen LogP contribution is -2.46. The van der Waals surface area contributed by atoms with Gasteiger partial charge in [0, 0.05) is 43.5 Å². The number of carbonyl (C=O) groups excluding carboxylic acids is 1. The maximum Gasteiger partial charge on any atom is 0.234 e. The molecule has 144 valence electrons. The van der Waals surface area contributed by atoms with Crippen LogP contribution in [-0.4, -0.2) is 66.2 Å². The molecule has 0 aliphatic carbocycles. The van der Waals surface area contributed by atoms with Crippen LogP contribution in [0.1, 0.15) is 27.2 Å². The van der Waals surface area contributed by atoms with E-state index in [0.717, 1.165) is 44.0 Å². The van der Waals surface area contributed by atoms with Crippen molar-refractivity contribution in [3.8, 4) is 5.75 Å². The van der Waals surface area contributed by atoms with Gasteiger partial charge in [-0.1, -0.05) is 6.07 Å². The van der Waals surface area contributed by atoms with Crippen LogP contribution in [0.25, 0.3) is 0 Å². The van der Waals surface area contributed by atoms with Crippen LogP contribution >= 0.6 is 12.2 Å². The number of rotatable bonds is 4. The topological polar surface area (TPSA) is 56.8 Å². The number of ether oxygens (including phenoxy) is 1. The number of hydrogen-bond donors (Lipinski definition) is 2. The highest BCUT2D eigenvalue weighted by Crippen LogP contribution is 2.17. The van der Waals surface area contributed by atoms with E-state index in [0.29, 0.717) is 11.7 Å². The molecule has 1 aliphatic heterocycles. The molecule has 2 rings (SSSR count). The average Bonchev–Trinajstić information content (AvgIpc) is 2.79. The third-order valence-corrected chi connectivity index (χ3v) is 4.44. The molecule has 0 atom stereocenters. The second-order valence-electron chi connectivity index (χ2n) is 7.58. The first-order valence-electron chi connectivity index (χ1n) is 9.00. The number of nitrogens with one attached hydrogen (secondary N) is 2. The van der Waals surface area contributed by atoms with Crippen molar-refractivity contribution in [3.63, 3.8) is 0 Å². The zero-order valence-corrected chi connectivity index (χ0v) is 17.0. The van der Waals surface area contributed by atoms with E-state index >= 15 is 0 Å². The van der Waals surface area contributed by atoms with Crippen molar-refractivity contribution < 1.29 is 9.53 Å². The molecule has 1 aromatic rings. The van der Waals surface area contributed by atoms with E-state index in [1.54, 1.807) is 7.11 Å². The predicted octanol–water partition coefficient (Wildman–Crippen LogP) is 2.31. The Morgan fingerprint density at radius 3 is 2.69 bits per heavy atom. The third-order valence-electron chi connectivity index (χ3n) is 4.08. The lowest BCUT2D eigenvalue weighted by atomic mass is 10.1. The fraction of sp³-hybridized carbons (Fsp3) is 0.579. The summed E-state index contributed by atoms with van der Waals surface area (Å²) in [4.78, 5) is 16.5. The molecule has 0 aromatic heterocycles. The number of thiocarbonyl (C=S) groups is 1. The normalized spacial score (nSPS) is 15.9. The molecule has 1 fully saturated rings. The summed E-state index contributed by atoms with van der Waals surface area (Å²) in [6.45, 7) is 9.83. The standard InChI is InChI=1S/C19H30N4O2S/c1-19(2,3)21-17(24)14-22-9-6-10-23(12-11-22)18(26)20-15-7-5-8-16(13-15)25-4/h5,7-8,13H,6,9-12,14H2,1-4H3,(H,20,26)(H,21,24). The molecule has 1 saturated heterocycles. The van der Waals surface area contributed by atoms with Gasteiger partial charge in [-0.05, 0) is 51.5 Å². The first kappa shape index (κ1) is 20.5. The summed E-state index contributed by atoms with van der Waals surface area (Å²) in [6, 6.07) is 7.73. The molecule has 1 amide bonds. The van der Waals surface area contributed by atoms with Crippen molar-refractivity contribution in [1.82, 2.24) is 15.1 Å². The molecular weight excluding hydrogens is 348 g/mol. The lowest BCUT2D eigenvalue weighted by Gasteiger charge is -2.26. The molecule has 26 heavy (non-hydrogen) atoms. The smallest absolute Gasteiger partial charge is 0.234 e. The molecule has 0 saturated carbocycles.